The van der Waals surface area contributed by atoms with Crippen molar-refractivity contribution < 1.29 is 23.6 Å². The molecule has 1 aliphatic rings. The Bertz CT molecular complexity index is 581. The highest BCUT2D eigenvalue weighted by Gasteiger charge is 2.34. The Kier molecular flexibility index (Phi) is 4.06. The van der Waals surface area contributed by atoms with Crippen LogP contribution in [0.1, 0.15) is 17.5 Å². The van der Waals surface area contributed by atoms with Crippen LogP contribution >= 0.6 is 0 Å². The number of carbonyl (C=O) groups is 4. The van der Waals surface area contributed by atoms with Gasteiger partial charge in [-0.2, -0.15) is 0 Å². The number of rotatable bonds is 3. The van der Waals surface area contributed by atoms with Gasteiger partial charge in [-0.3, -0.25) is 24.5 Å². The first kappa shape index (κ1) is 14.8. The van der Waals surface area contributed by atoms with Gasteiger partial charge in [0.1, 0.15) is 12.6 Å². The summed E-state index contributed by atoms with van der Waals surface area (Å²) in [5.41, 5.74) is 0. The summed E-state index contributed by atoms with van der Waals surface area (Å²) in [6, 6.07) is 2.31. The summed E-state index contributed by atoms with van der Waals surface area (Å²) >= 11 is 0. The van der Waals surface area contributed by atoms with Crippen molar-refractivity contribution in [2.45, 2.75) is 13.0 Å². The molecular formula is C13H15N3O5. The molecule has 0 bridgehead atoms. The summed E-state index contributed by atoms with van der Waals surface area (Å²) in [6.07, 6.45) is 1.36. The molecule has 0 radical (unpaired) electrons. The number of likely N-dealkylation sites (N-methyl/N-ethyl adjacent to an activating group) is 1. The molecule has 2 heterocycles. The van der Waals surface area contributed by atoms with E-state index in [2.05, 4.69) is 5.32 Å². The predicted octanol–water partition coefficient (Wildman–Crippen LogP) is -0.775. The van der Waals surface area contributed by atoms with Crippen molar-refractivity contribution in [2.75, 3.05) is 20.1 Å². The Morgan fingerprint density at radius 2 is 2.19 bits per heavy atom. The molecule has 112 valence electrons. The van der Waals surface area contributed by atoms with Crippen molar-refractivity contribution in [1.29, 1.82) is 0 Å². The second-order valence-corrected chi connectivity index (χ2v) is 4.75. The van der Waals surface area contributed by atoms with E-state index in [1.165, 1.54) is 31.2 Å². The van der Waals surface area contributed by atoms with Crippen LogP contribution in [-0.4, -0.2) is 59.6 Å². The van der Waals surface area contributed by atoms with Crippen LogP contribution in [0.5, 0.6) is 0 Å². The molecule has 1 N–H and O–H groups in total. The molecule has 21 heavy (non-hydrogen) atoms. The third-order valence-electron chi connectivity index (χ3n) is 3.19. The molecule has 0 aliphatic carbocycles. The fourth-order valence-corrected chi connectivity index (χ4v) is 1.97. The standard InChI is InChI=1S/C13H15N3O5/c1-8-12(19)14-10(17)6-16(8)11(18)7-15(2)13(20)9-4-3-5-21-9/h3-5,8H,6-7H2,1-2H3,(H,14,17,19). The average Bonchev–Trinajstić information content (AvgIpc) is 2.95. The van der Waals surface area contributed by atoms with Crippen molar-refractivity contribution in [3.8, 4) is 0 Å². The molecule has 2 rings (SSSR count). The lowest BCUT2D eigenvalue weighted by Crippen LogP contribution is -2.60. The Balaban J connectivity index is 2.02. The Morgan fingerprint density at radius 3 is 2.81 bits per heavy atom. The third-order valence-corrected chi connectivity index (χ3v) is 3.19. The van der Waals surface area contributed by atoms with Crippen LogP contribution in [0.25, 0.3) is 0 Å². The Labute approximate surface area is 120 Å². The molecule has 4 amide bonds. The molecule has 1 fully saturated rings. The van der Waals surface area contributed by atoms with Crippen LogP contribution in [0.4, 0.5) is 0 Å². The van der Waals surface area contributed by atoms with Crippen LogP contribution in [0.15, 0.2) is 22.8 Å². The molecule has 1 atom stereocenters. The van der Waals surface area contributed by atoms with Crippen molar-refractivity contribution in [3.63, 3.8) is 0 Å². The summed E-state index contributed by atoms with van der Waals surface area (Å²) in [5.74, 6) is -1.88. The molecule has 0 aromatic carbocycles. The van der Waals surface area contributed by atoms with E-state index in [9.17, 15) is 19.2 Å². The molecule has 1 saturated heterocycles. The van der Waals surface area contributed by atoms with Gasteiger partial charge in [0.25, 0.3) is 5.91 Å². The molecule has 0 saturated carbocycles. The van der Waals surface area contributed by atoms with Crippen LogP contribution in [-0.2, 0) is 14.4 Å². The lowest BCUT2D eigenvalue weighted by atomic mass is 10.2. The van der Waals surface area contributed by atoms with Gasteiger partial charge in [0.2, 0.25) is 17.7 Å². The maximum Gasteiger partial charge on any atom is 0.289 e. The monoisotopic (exact) mass is 293 g/mol. The number of hydrogen-bond acceptors (Lipinski definition) is 5. The van der Waals surface area contributed by atoms with Crippen molar-refractivity contribution in [3.05, 3.63) is 24.2 Å². The van der Waals surface area contributed by atoms with E-state index < -0.39 is 29.7 Å². The summed E-state index contributed by atoms with van der Waals surface area (Å²) in [6.45, 7) is 1.08. The normalized spacial score (nSPS) is 18.4. The van der Waals surface area contributed by atoms with Crippen LogP contribution < -0.4 is 5.32 Å². The molecule has 1 aliphatic heterocycles. The first-order valence-corrected chi connectivity index (χ1v) is 6.32. The third kappa shape index (κ3) is 3.10. The fourth-order valence-electron chi connectivity index (χ4n) is 1.97. The van der Waals surface area contributed by atoms with Crippen LogP contribution in [0.2, 0.25) is 0 Å². The molecule has 0 spiro atoms. The summed E-state index contributed by atoms with van der Waals surface area (Å²) in [4.78, 5) is 49.2. The maximum absolute atomic E-state index is 12.2. The highest BCUT2D eigenvalue weighted by atomic mass is 16.3. The van der Waals surface area contributed by atoms with Gasteiger partial charge >= 0.3 is 0 Å². The Hall–Kier alpha value is -2.64. The maximum atomic E-state index is 12.2. The van der Waals surface area contributed by atoms with Crippen molar-refractivity contribution in [1.82, 2.24) is 15.1 Å². The number of carbonyl (C=O) groups excluding carboxylic acids is 4. The zero-order chi connectivity index (χ0) is 15.6. The zero-order valence-electron chi connectivity index (χ0n) is 11.7. The lowest BCUT2D eigenvalue weighted by Gasteiger charge is -2.32. The highest BCUT2D eigenvalue weighted by molar-refractivity contribution is 6.04. The zero-order valence-corrected chi connectivity index (χ0v) is 11.7. The molecule has 1 unspecified atom stereocenters. The van der Waals surface area contributed by atoms with Gasteiger partial charge in [0.15, 0.2) is 5.76 Å². The smallest absolute Gasteiger partial charge is 0.289 e. The second-order valence-electron chi connectivity index (χ2n) is 4.75. The summed E-state index contributed by atoms with van der Waals surface area (Å²) in [7, 11) is 1.44. The largest absolute Gasteiger partial charge is 0.459 e. The van der Waals surface area contributed by atoms with Crippen molar-refractivity contribution in [2.24, 2.45) is 0 Å². The summed E-state index contributed by atoms with van der Waals surface area (Å²) in [5, 5.41) is 2.15. The van der Waals surface area contributed by atoms with Gasteiger partial charge < -0.3 is 14.2 Å². The molecule has 1 aromatic rings. The lowest BCUT2D eigenvalue weighted by molar-refractivity contribution is -0.149. The van der Waals surface area contributed by atoms with Gasteiger partial charge in [0.05, 0.1) is 12.8 Å². The minimum absolute atomic E-state index is 0.116. The van der Waals surface area contributed by atoms with E-state index in [-0.39, 0.29) is 18.8 Å². The van der Waals surface area contributed by atoms with Gasteiger partial charge in [-0.15, -0.1) is 0 Å². The van der Waals surface area contributed by atoms with E-state index in [1.54, 1.807) is 6.07 Å². The van der Waals surface area contributed by atoms with E-state index in [0.717, 1.165) is 4.90 Å². The molecule has 1 aromatic heterocycles. The number of nitrogens with one attached hydrogen (secondary N) is 1. The molecular weight excluding hydrogens is 278 g/mol. The average molecular weight is 293 g/mol. The number of furan rings is 1. The number of amides is 4. The molecule has 8 nitrogen and oxygen atoms in total. The van der Waals surface area contributed by atoms with E-state index in [4.69, 9.17) is 4.42 Å². The number of piperazine rings is 1. The van der Waals surface area contributed by atoms with Crippen LogP contribution in [0, 0.1) is 0 Å². The molecule has 8 heteroatoms. The SMILES string of the molecule is CC1C(=O)NC(=O)CN1C(=O)CN(C)C(=O)c1ccco1. The van der Waals surface area contributed by atoms with Gasteiger partial charge in [-0.05, 0) is 19.1 Å². The second kappa shape index (κ2) is 5.78. The topological polar surface area (TPSA) is 99.9 Å². The minimum atomic E-state index is -0.748. The number of imide groups is 1. The fraction of sp³-hybridized carbons (Fsp3) is 0.385. The first-order chi connectivity index (χ1) is 9.90. The Morgan fingerprint density at radius 1 is 1.48 bits per heavy atom. The van der Waals surface area contributed by atoms with Crippen molar-refractivity contribution >= 4 is 23.6 Å². The van der Waals surface area contributed by atoms with E-state index in [0.29, 0.717) is 0 Å². The van der Waals surface area contributed by atoms with E-state index >= 15 is 0 Å². The quantitative estimate of drug-likeness (QED) is 0.737. The first-order valence-electron chi connectivity index (χ1n) is 6.32. The predicted molar refractivity (Wildman–Crippen MR) is 70.0 cm³/mol. The van der Waals surface area contributed by atoms with Gasteiger partial charge in [-0.25, -0.2) is 0 Å². The van der Waals surface area contributed by atoms with Gasteiger partial charge in [0, 0.05) is 7.05 Å². The van der Waals surface area contributed by atoms with Gasteiger partial charge in [-0.1, -0.05) is 0 Å². The number of nitrogens with zero attached hydrogens (tertiary/aromatic N) is 2. The minimum Gasteiger partial charge on any atom is -0.459 e. The number of hydrogen-bond donors (Lipinski definition) is 1. The van der Waals surface area contributed by atoms with Crippen LogP contribution in [0.3, 0.4) is 0 Å². The summed E-state index contributed by atoms with van der Waals surface area (Å²) < 4.78 is 4.96. The van der Waals surface area contributed by atoms with E-state index in [1.807, 2.05) is 0 Å². The highest BCUT2D eigenvalue weighted by Crippen LogP contribution is 2.08.